The minimum atomic E-state index is -0.640. The normalized spacial score (nSPS) is 22.2. The fourth-order valence-corrected chi connectivity index (χ4v) is 7.37. The molecule has 246 valence electrons. The van der Waals surface area contributed by atoms with Gasteiger partial charge in [0.25, 0.3) is 11.8 Å². The molecule has 9 heteroatoms. The van der Waals surface area contributed by atoms with Gasteiger partial charge in [0.05, 0.1) is 31.9 Å². The number of para-hydroxylation sites is 1. The van der Waals surface area contributed by atoms with Gasteiger partial charge in [-0.15, -0.1) is 0 Å². The minimum Gasteiger partial charge on any atom is -0.379 e. The number of amides is 2. The molecule has 1 aliphatic carbocycles. The molecule has 4 aliphatic rings. The summed E-state index contributed by atoms with van der Waals surface area (Å²) >= 11 is 0. The Kier molecular flexibility index (Phi) is 9.14. The van der Waals surface area contributed by atoms with E-state index in [9.17, 15) is 9.59 Å². The summed E-state index contributed by atoms with van der Waals surface area (Å²) in [5.74, 6) is 0.0191. The van der Waals surface area contributed by atoms with Crippen LogP contribution in [0.1, 0.15) is 40.7 Å². The van der Waals surface area contributed by atoms with Gasteiger partial charge < -0.3 is 23.8 Å². The highest BCUT2D eigenvalue weighted by Gasteiger charge is 2.37. The Morgan fingerprint density at radius 2 is 1.49 bits per heavy atom. The maximum Gasteiger partial charge on any atom is 0.270 e. The fourth-order valence-electron chi connectivity index (χ4n) is 7.37. The van der Waals surface area contributed by atoms with Crippen LogP contribution in [-0.2, 0) is 27.4 Å². The molecule has 1 aromatic heterocycles. The van der Waals surface area contributed by atoms with Crippen LogP contribution in [0.3, 0.4) is 0 Å². The lowest BCUT2D eigenvalue weighted by atomic mass is 9.80. The fraction of sp³-hybridized carbons (Fsp3) is 0.421. The number of aromatic nitrogens is 1. The van der Waals surface area contributed by atoms with Gasteiger partial charge in [0.1, 0.15) is 5.69 Å². The highest BCUT2D eigenvalue weighted by molar-refractivity contribution is 6.07. The van der Waals surface area contributed by atoms with E-state index in [2.05, 4.69) is 39.5 Å². The second-order valence-corrected chi connectivity index (χ2v) is 13.2. The molecule has 4 heterocycles. The molecule has 1 atom stereocenters. The van der Waals surface area contributed by atoms with Crippen molar-refractivity contribution in [3.8, 4) is 0 Å². The van der Waals surface area contributed by atoms with E-state index in [1.54, 1.807) is 7.11 Å². The number of fused-ring (bicyclic) bond motifs is 2. The maximum atomic E-state index is 14.4. The molecule has 47 heavy (non-hydrogen) atoms. The highest BCUT2D eigenvalue weighted by Crippen LogP contribution is 2.40. The maximum absolute atomic E-state index is 14.4. The van der Waals surface area contributed by atoms with E-state index in [1.807, 2.05) is 70.5 Å². The molecule has 2 saturated heterocycles. The number of allylic oxidation sites excluding steroid dienone is 2. The summed E-state index contributed by atoms with van der Waals surface area (Å²) in [4.78, 5) is 37.1. The predicted molar refractivity (Wildman–Crippen MR) is 183 cm³/mol. The summed E-state index contributed by atoms with van der Waals surface area (Å²) in [5.41, 5.74) is 5.74. The van der Waals surface area contributed by atoms with E-state index in [4.69, 9.17) is 9.47 Å². The largest absolute Gasteiger partial charge is 0.379 e. The summed E-state index contributed by atoms with van der Waals surface area (Å²) in [6.07, 6.45) is 4.44. The Hall–Kier alpha value is -4.02. The van der Waals surface area contributed by atoms with Crippen LogP contribution in [0.2, 0.25) is 0 Å². The van der Waals surface area contributed by atoms with Crippen molar-refractivity contribution in [2.45, 2.75) is 32.0 Å². The van der Waals surface area contributed by atoms with E-state index in [0.717, 1.165) is 80.6 Å². The van der Waals surface area contributed by atoms with Crippen LogP contribution in [0.25, 0.3) is 5.57 Å². The van der Waals surface area contributed by atoms with Crippen molar-refractivity contribution < 1.29 is 19.1 Å². The van der Waals surface area contributed by atoms with Crippen LogP contribution in [0.15, 0.2) is 84.5 Å². The number of anilines is 1. The van der Waals surface area contributed by atoms with Gasteiger partial charge in [-0.1, -0.05) is 60.7 Å². The van der Waals surface area contributed by atoms with Gasteiger partial charge >= 0.3 is 0 Å². The number of nitrogens with zero attached hydrogens (tertiary/aromatic N) is 5. The van der Waals surface area contributed by atoms with Gasteiger partial charge in [0, 0.05) is 82.8 Å². The Balaban J connectivity index is 1.09. The number of carbonyl (C=O) groups excluding carboxylic acids is 2. The molecule has 0 N–H and O–H groups in total. The van der Waals surface area contributed by atoms with Gasteiger partial charge in [0.2, 0.25) is 0 Å². The van der Waals surface area contributed by atoms with E-state index in [0.29, 0.717) is 43.9 Å². The molecule has 0 radical (unpaired) electrons. The molecule has 3 aromatic rings. The molecular formula is C38H45N5O4. The van der Waals surface area contributed by atoms with Gasteiger partial charge in [-0.3, -0.25) is 19.4 Å². The average molecular weight is 636 g/mol. The van der Waals surface area contributed by atoms with Crippen molar-refractivity contribution in [2.75, 3.05) is 77.6 Å². The van der Waals surface area contributed by atoms with Gasteiger partial charge in [0.15, 0.2) is 0 Å². The number of hydrogen-bond acceptors (Lipinski definition) is 6. The van der Waals surface area contributed by atoms with Crippen molar-refractivity contribution >= 4 is 23.1 Å². The van der Waals surface area contributed by atoms with E-state index < -0.39 is 5.60 Å². The molecule has 2 amide bonds. The van der Waals surface area contributed by atoms with Crippen LogP contribution in [0.5, 0.6) is 0 Å². The average Bonchev–Trinajstić information content (AvgIpc) is 3.43. The summed E-state index contributed by atoms with van der Waals surface area (Å²) in [6, 6.07) is 22.2. The van der Waals surface area contributed by atoms with Crippen LogP contribution in [-0.4, -0.2) is 109 Å². The summed E-state index contributed by atoms with van der Waals surface area (Å²) in [5, 5.41) is 0. The quantitative estimate of drug-likeness (QED) is 0.386. The molecule has 0 spiro atoms. The third-order valence-corrected chi connectivity index (χ3v) is 10.3. The van der Waals surface area contributed by atoms with Gasteiger partial charge in [-0.2, -0.15) is 0 Å². The first-order valence-electron chi connectivity index (χ1n) is 16.9. The second-order valence-electron chi connectivity index (χ2n) is 13.2. The molecule has 1 unspecified atom stereocenters. The van der Waals surface area contributed by atoms with Gasteiger partial charge in [-0.05, 0) is 41.8 Å². The molecule has 0 saturated carbocycles. The van der Waals surface area contributed by atoms with Crippen LogP contribution < -0.4 is 4.90 Å². The van der Waals surface area contributed by atoms with Crippen LogP contribution >= 0.6 is 0 Å². The summed E-state index contributed by atoms with van der Waals surface area (Å²) in [6.45, 7) is 11.9. The van der Waals surface area contributed by atoms with Gasteiger partial charge in [-0.25, -0.2) is 0 Å². The monoisotopic (exact) mass is 635 g/mol. The SMILES string of the molecule is COC1(C)CC(C(=O)N2Cc3ccc(C(=O)N4CCN(CCN5CCOCC5)CC4)n3Cc3ccccc32)=CC=C1c1ccccc1. The Morgan fingerprint density at radius 3 is 2.23 bits per heavy atom. The highest BCUT2D eigenvalue weighted by atomic mass is 16.5. The van der Waals surface area contributed by atoms with Crippen molar-refractivity contribution in [1.82, 2.24) is 19.3 Å². The van der Waals surface area contributed by atoms with Crippen molar-refractivity contribution in [3.05, 3.63) is 107 Å². The van der Waals surface area contributed by atoms with Crippen LogP contribution in [0, 0.1) is 0 Å². The molecule has 7 rings (SSSR count). The Labute approximate surface area is 277 Å². The zero-order valence-corrected chi connectivity index (χ0v) is 27.6. The predicted octanol–water partition coefficient (Wildman–Crippen LogP) is 4.29. The lowest BCUT2D eigenvalue weighted by molar-refractivity contribution is -0.116. The first kappa shape index (κ1) is 31.6. The molecule has 9 nitrogen and oxygen atoms in total. The lowest BCUT2D eigenvalue weighted by Crippen LogP contribution is -2.51. The lowest BCUT2D eigenvalue weighted by Gasteiger charge is -2.36. The number of ether oxygens (including phenoxy) is 2. The Bertz CT molecular complexity index is 1670. The molecular weight excluding hydrogens is 590 g/mol. The van der Waals surface area contributed by atoms with E-state index >= 15 is 0 Å². The number of piperazine rings is 1. The van der Waals surface area contributed by atoms with Crippen LogP contribution in [0.4, 0.5) is 5.69 Å². The Morgan fingerprint density at radius 1 is 0.787 bits per heavy atom. The number of morpholine rings is 1. The van der Waals surface area contributed by atoms with Crippen molar-refractivity contribution in [2.24, 2.45) is 0 Å². The smallest absolute Gasteiger partial charge is 0.270 e. The number of benzene rings is 2. The number of carbonyl (C=O) groups is 2. The summed E-state index contributed by atoms with van der Waals surface area (Å²) in [7, 11) is 1.71. The molecule has 2 fully saturated rings. The molecule has 0 bridgehead atoms. The molecule has 3 aliphatic heterocycles. The first-order chi connectivity index (χ1) is 22.9. The second kappa shape index (κ2) is 13.6. The van der Waals surface area contributed by atoms with E-state index in [-0.39, 0.29) is 11.8 Å². The molecule has 2 aromatic carbocycles. The number of hydrogen-bond donors (Lipinski definition) is 0. The topological polar surface area (TPSA) is 70.5 Å². The number of rotatable bonds is 7. The standard InChI is InChI=1S/C38H45N5O4/c1-38(46-2)26-30(12-14-33(38)29-8-4-3-5-9-29)36(44)43-28-32-13-15-35(42(32)27-31-10-6-7-11-34(31)43)37(45)41-20-18-39(19-21-41)16-17-40-22-24-47-25-23-40/h3-15H,16-28H2,1-2H3. The van der Waals surface area contributed by atoms with Crippen molar-refractivity contribution in [1.29, 1.82) is 0 Å². The third kappa shape index (κ3) is 6.45. The van der Waals surface area contributed by atoms with E-state index in [1.165, 1.54) is 0 Å². The number of methoxy groups -OCH3 is 1. The zero-order valence-electron chi connectivity index (χ0n) is 27.6. The first-order valence-corrected chi connectivity index (χ1v) is 16.9. The summed E-state index contributed by atoms with van der Waals surface area (Å²) < 4.78 is 13.7. The van der Waals surface area contributed by atoms with Crippen molar-refractivity contribution in [3.63, 3.8) is 0 Å². The minimum absolute atomic E-state index is 0.0418. The third-order valence-electron chi connectivity index (χ3n) is 10.3. The zero-order chi connectivity index (χ0) is 32.4.